The highest BCUT2D eigenvalue weighted by Crippen LogP contribution is 2.14. The van der Waals surface area contributed by atoms with Crippen LogP contribution in [-0.4, -0.2) is 15.5 Å². The molecule has 6 heteroatoms. The van der Waals surface area contributed by atoms with Gasteiger partial charge in [0.2, 0.25) is 10.0 Å². The van der Waals surface area contributed by atoms with Crippen LogP contribution >= 0.6 is 0 Å². The minimum Gasteiger partial charge on any atom is -0.326 e. The molecule has 0 saturated heterocycles. The molecule has 0 unspecified atom stereocenters. The second-order valence-corrected chi connectivity index (χ2v) is 4.55. The quantitative estimate of drug-likeness (QED) is 0.760. The molecule has 1 aromatic rings. The van der Waals surface area contributed by atoms with Crippen LogP contribution in [0.5, 0.6) is 0 Å². The number of nitrogens with two attached hydrogens (primary N) is 1. The first-order valence-corrected chi connectivity index (χ1v) is 5.41. The smallest absolute Gasteiger partial charge is 0.240 e. The summed E-state index contributed by atoms with van der Waals surface area (Å²) in [7, 11) is -2.23. The predicted octanol–water partition coefficient (Wildman–Crippen LogP) is 0.192. The van der Waals surface area contributed by atoms with Gasteiger partial charge in [-0.1, -0.05) is 0 Å². The molecule has 0 aliphatic rings. The van der Waals surface area contributed by atoms with Crippen molar-refractivity contribution in [1.82, 2.24) is 4.72 Å². The minimum atomic E-state index is -3.52. The third-order valence-corrected chi connectivity index (χ3v) is 3.23. The van der Waals surface area contributed by atoms with Crippen LogP contribution in [0.2, 0.25) is 0 Å². The minimum absolute atomic E-state index is 0.0156. The van der Waals surface area contributed by atoms with E-state index in [9.17, 15) is 12.8 Å². The van der Waals surface area contributed by atoms with Crippen molar-refractivity contribution < 1.29 is 12.8 Å². The molecule has 0 spiro atoms. The van der Waals surface area contributed by atoms with Gasteiger partial charge in [-0.05, 0) is 25.2 Å². The van der Waals surface area contributed by atoms with Gasteiger partial charge < -0.3 is 5.73 Å². The molecule has 0 amide bonds. The maximum absolute atomic E-state index is 13.0. The van der Waals surface area contributed by atoms with E-state index in [2.05, 4.69) is 4.72 Å². The Morgan fingerprint density at radius 2 is 2.14 bits per heavy atom. The van der Waals surface area contributed by atoms with Crippen molar-refractivity contribution in [2.45, 2.75) is 11.4 Å². The van der Waals surface area contributed by atoms with Crippen LogP contribution in [0.3, 0.4) is 0 Å². The van der Waals surface area contributed by atoms with E-state index in [1.807, 2.05) is 0 Å². The molecule has 3 N–H and O–H groups in total. The van der Waals surface area contributed by atoms with Gasteiger partial charge in [0.05, 0.1) is 4.90 Å². The zero-order valence-corrected chi connectivity index (χ0v) is 8.44. The highest BCUT2D eigenvalue weighted by atomic mass is 32.2. The average molecular weight is 218 g/mol. The van der Waals surface area contributed by atoms with Crippen LogP contribution in [0.4, 0.5) is 4.39 Å². The molecule has 0 heterocycles. The Hall–Kier alpha value is -0.980. The molecule has 0 atom stereocenters. The fourth-order valence-corrected chi connectivity index (χ4v) is 1.77. The molecule has 78 valence electrons. The number of rotatable bonds is 3. The zero-order chi connectivity index (χ0) is 10.8. The van der Waals surface area contributed by atoms with E-state index in [0.717, 1.165) is 6.07 Å². The maximum Gasteiger partial charge on any atom is 0.240 e. The lowest BCUT2D eigenvalue weighted by Gasteiger charge is -2.05. The van der Waals surface area contributed by atoms with Crippen molar-refractivity contribution in [2.24, 2.45) is 5.73 Å². The Kier molecular flexibility index (Phi) is 3.20. The van der Waals surface area contributed by atoms with Crippen molar-refractivity contribution in [3.63, 3.8) is 0 Å². The first-order chi connectivity index (χ1) is 6.51. The van der Waals surface area contributed by atoms with Gasteiger partial charge in [0.15, 0.2) is 0 Å². The monoisotopic (exact) mass is 218 g/mol. The van der Waals surface area contributed by atoms with Crippen LogP contribution in [0, 0.1) is 5.82 Å². The number of halogens is 1. The van der Waals surface area contributed by atoms with Crippen LogP contribution < -0.4 is 10.5 Å². The van der Waals surface area contributed by atoms with Gasteiger partial charge in [0.1, 0.15) is 5.82 Å². The van der Waals surface area contributed by atoms with Gasteiger partial charge in [-0.25, -0.2) is 17.5 Å². The summed E-state index contributed by atoms with van der Waals surface area (Å²) in [5, 5.41) is 0. The Morgan fingerprint density at radius 1 is 1.50 bits per heavy atom. The van der Waals surface area contributed by atoms with Crippen molar-refractivity contribution in [3.8, 4) is 0 Å². The summed E-state index contributed by atoms with van der Waals surface area (Å²) < 4.78 is 37.7. The van der Waals surface area contributed by atoms with Crippen molar-refractivity contribution in [1.29, 1.82) is 0 Å². The number of hydrogen-bond donors (Lipinski definition) is 2. The molecular formula is C8H11FN2O2S. The van der Waals surface area contributed by atoms with E-state index in [0.29, 0.717) is 0 Å². The number of nitrogens with one attached hydrogen (secondary N) is 1. The lowest BCUT2D eigenvalue weighted by atomic mass is 10.2. The normalized spacial score (nSPS) is 11.6. The van der Waals surface area contributed by atoms with E-state index >= 15 is 0 Å². The van der Waals surface area contributed by atoms with E-state index in [-0.39, 0.29) is 17.0 Å². The Bertz CT molecular complexity index is 431. The van der Waals surface area contributed by atoms with Crippen LogP contribution in [0.1, 0.15) is 5.56 Å². The maximum atomic E-state index is 13.0. The van der Waals surface area contributed by atoms with Gasteiger partial charge in [-0.2, -0.15) is 0 Å². The third kappa shape index (κ3) is 2.09. The molecule has 0 radical (unpaired) electrons. The lowest BCUT2D eigenvalue weighted by Crippen LogP contribution is -2.19. The first kappa shape index (κ1) is 11.1. The van der Waals surface area contributed by atoms with E-state index in [1.54, 1.807) is 0 Å². The Labute approximate surface area is 82.0 Å². The standard InChI is InChI=1S/C8H11FN2O2S/c1-11-14(12,13)7-2-3-8(9)6(4-7)5-10/h2-4,11H,5,10H2,1H3. The molecule has 0 saturated carbocycles. The SMILES string of the molecule is CNS(=O)(=O)c1ccc(F)c(CN)c1. The van der Waals surface area contributed by atoms with Crippen LogP contribution in [-0.2, 0) is 16.6 Å². The molecule has 0 aromatic heterocycles. The summed E-state index contributed by atoms with van der Waals surface area (Å²) in [6, 6.07) is 3.51. The van der Waals surface area contributed by atoms with Crippen molar-refractivity contribution in [3.05, 3.63) is 29.6 Å². The van der Waals surface area contributed by atoms with Crippen LogP contribution in [0.25, 0.3) is 0 Å². The van der Waals surface area contributed by atoms with Crippen molar-refractivity contribution in [2.75, 3.05) is 7.05 Å². The average Bonchev–Trinajstić information content (AvgIpc) is 2.18. The largest absolute Gasteiger partial charge is 0.326 e. The third-order valence-electron chi connectivity index (χ3n) is 1.82. The fraction of sp³-hybridized carbons (Fsp3) is 0.250. The molecule has 0 aliphatic carbocycles. The Balaban J connectivity index is 3.26. The van der Waals surface area contributed by atoms with Gasteiger partial charge >= 0.3 is 0 Å². The molecule has 4 nitrogen and oxygen atoms in total. The van der Waals surface area contributed by atoms with Gasteiger partial charge in [0, 0.05) is 12.1 Å². The Morgan fingerprint density at radius 3 is 2.64 bits per heavy atom. The molecule has 0 aliphatic heterocycles. The van der Waals surface area contributed by atoms with E-state index < -0.39 is 15.8 Å². The zero-order valence-electron chi connectivity index (χ0n) is 7.62. The second-order valence-electron chi connectivity index (χ2n) is 2.66. The second kappa shape index (κ2) is 4.04. The molecular weight excluding hydrogens is 207 g/mol. The topological polar surface area (TPSA) is 72.2 Å². The summed E-state index contributed by atoms with van der Waals surface area (Å²) in [6.45, 7) is -0.0289. The highest BCUT2D eigenvalue weighted by molar-refractivity contribution is 7.89. The van der Waals surface area contributed by atoms with Crippen molar-refractivity contribution >= 4 is 10.0 Å². The van der Waals surface area contributed by atoms with Gasteiger partial charge in [-0.3, -0.25) is 0 Å². The summed E-state index contributed by atoms with van der Waals surface area (Å²) in [4.78, 5) is 0.0156. The molecule has 14 heavy (non-hydrogen) atoms. The highest BCUT2D eigenvalue weighted by Gasteiger charge is 2.13. The number of sulfonamides is 1. The van der Waals surface area contributed by atoms with Gasteiger partial charge in [0.25, 0.3) is 0 Å². The molecule has 0 fully saturated rings. The summed E-state index contributed by atoms with van der Waals surface area (Å²) in [5.74, 6) is -0.498. The summed E-state index contributed by atoms with van der Waals surface area (Å²) >= 11 is 0. The van der Waals surface area contributed by atoms with Crippen LogP contribution in [0.15, 0.2) is 23.1 Å². The predicted molar refractivity (Wildman–Crippen MR) is 50.5 cm³/mol. The number of hydrogen-bond acceptors (Lipinski definition) is 3. The molecule has 1 aromatic carbocycles. The lowest BCUT2D eigenvalue weighted by molar-refractivity contribution is 0.585. The van der Waals surface area contributed by atoms with Gasteiger partial charge in [-0.15, -0.1) is 0 Å². The number of benzene rings is 1. The molecule has 1 rings (SSSR count). The first-order valence-electron chi connectivity index (χ1n) is 3.93. The van der Waals surface area contributed by atoms with E-state index in [4.69, 9.17) is 5.73 Å². The molecule has 0 bridgehead atoms. The summed E-state index contributed by atoms with van der Waals surface area (Å²) in [6.07, 6.45) is 0. The fourth-order valence-electron chi connectivity index (χ4n) is 0.993. The summed E-state index contributed by atoms with van der Waals surface area (Å²) in [5.41, 5.74) is 5.43. The van der Waals surface area contributed by atoms with E-state index in [1.165, 1.54) is 19.2 Å².